The number of para-hydroxylation sites is 2. The van der Waals surface area contributed by atoms with E-state index in [4.69, 9.17) is 13.9 Å². The van der Waals surface area contributed by atoms with Crippen LogP contribution in [0.1, 0.15) is 16.1 Å². The monoisotopic (exact) mass is 381 g/mol. The first-order valence-corrected chi connectivity index (χ1v) is 8.95. The molecular formula is C21H19NO6. The van der Waals surface area contributed by atoms with Gasteiger partial charge in [0.25, 0.3) is 5.91 Å². The molecule has 0 saturated carbocycles. The standard InChI is InChI=1S/C21H19NO6/c23-20(22-10-11-26-18(12-22)21(24)25)19-16(13-27-14-6-2-1-3-7-14)15-8-4-5-9-17(15)28-19/h1-9,18H,10-13H2,(H,24,25)/t18-/m0/s1. The Morgan fingerprint density at radius 2 is 1.86 bits per heavy atom. The number of hydrogen-bond acceptors (Lipinski definition) is 5. The number of rotatable bonds is 5. The molecule has 1 fully saturated rings. The quantitative estimate of drug-likeness (QED) is 0.731. The van der Waals surface area contributed by atoms with Gasteiger partial charge in [0.15, 0.2) is 11.9 Å². The number of ether oxygens (including phenoxy) is 2. The van der Waals surface area contributed by atoms with Gasteiger partial charge in [-0.25, -0.2) is 4.79 Å². The van der Waals surface area contributed by atoms with Gasteiger partial charge >= 0.3 is 5.97 Å². The number of amides is 1. The van der Waals surface area contributed by atoms with Crippen LogP contribution in [-0.4, -0.2) is 47.7 Å². The van der Waals surface area contributed by atoms with E-state index in [0.717, 1.165) is 5.39 Å². The van der Waals surface area contributed by atoms with Gasteiger partial charge in [0.1, 0.15) is 17.9 Å². The van der Waals surface area contributed by atoms with Gasteiger partial charge in [0.05, 0.1) is 13.2 Å². The number of morpholine rings is 1. The zero-order valence-electron chi connectivity index (χ0n) is 15.0. The van der Waals surface area contributed by atoms with Gasteiger partial charge < -0.3 is 23.9 Å². The third kappa shape index (κ3) is 3.57. The number of aliphatic carboxylic acids is 1. The second-order valence-corrected chi connectivity index (χ2v) is 6.46. The summed E-state index contributed by atoms with van der Waals surface area (Å²) in [6.07, 6.45) is -1.04. The highest BCUT2D eigenvalue weighted by Crippen LogP contribution is 2.28. The second kappa shape index (κ2) is 7.74. The van der Waals surface area contributed by atoms with E-state index in [-0.39, 0.29) is 31.4 Å². The molecule has 3 aromatic rings. The average Bonchev–Trinajstić information content (AvgIpc) is 3.11. The molecule has 0 aliphatic carbocycles. The molecule has 7 heteroatoms. The maximum absolute atomic E-state index is 13.1. The van der Waals surface area contributed by atoms with Crippen molar-refractivity contribution in [3.8, 4) is 5.75 Å². The van der Waals surface area contributed by atoms with E-state index in [1.807, 2.05) is 48.5 Å². The van der Waals surface area contributed by atoms with Crippen LogP contribution < -0.4 is 4.74 Å². The van der Waals surface area contributed by atoms with Crippen LogP contribution in [0.25, 0.3) is 11.0 Å². The van der Waals surface area contributed by atoms with E-state index < -0.39 is 12.1 Å². The Morgan fingerprint density at radius 1 is 1.11 bits per heavy atom. The smallest absolute Gasteiger partial charge is 0.334 e. The van der Waals surface area contributed by atoms with Crippen molar-refractivity contribution in [2.75, 3.05) is 19.7 Å². The molecule has 2 heterocycles. The number of hydrogen-bond donors (Lipinski definition) is 1. The third-order valence-electron chi connectivity index (χ3n) is 4.65. The van der Waals surface area contributed by atoms with Crippen LogP contribution in [0.2, 0.25) is 0 Å². The Bertz CT molecular complexity index is 997. The summed E-state index contributed by atoms with van der Waals surface area (Å²) in [6.45, 7) is 0.608. The lowest BCUT2D eigenvalue weighted by atomic mass is 10.1. The minimum Gasteiger partial charge on any atom is -0.489 e. The Labute approximate surface area is 161 Å². The largest absolute Gasteiger partial charge is 0.489 e. The van der Waals surface area contributed by atoms with E-state index in [1.165, 1.54) is 4.90 Å². The van der Waals surface area contributed by atoms with Crippen molar-refractivity contribution in [2.24, 2.45) is 0 Å². The Hall–Kier alpha value is -3.32. The first kappa shape index (κ1) is 18.1. The minimum atomic E-state index is -1.09. The van der Waals surface area contributed by atoms with Crippen LogP contribution in [0.4, 0.5) is 0 Å². The van der Waals surface area contributed by atoms with Gasteiger partial charge in [-0.1, -0.05) is 36.4 Å². The molecule has 1 saturated heterocycles. The highest BCUT2D eigenvalue weighted by Gasteiger charge is 2.32. The molecule has 0 spiro atoms. The topological polar surface area (TPSA) is 89.2 Å². The Balaban J connectivity index is 1.64. The summed E-state index contributed by atoms with van der Waals surface area (Å²) in [5.74, 6) is -0.598. The van der Waals surface area contributed by atoms with Crippen LogP contribution in [0, 0.1) is 0 Å². The van der Waals surface area contributed by atoms with Crippen molar-refractivity contribution >= 4 is 22.8 Å². The predicted octanol–water partition coefficient (Wildman–Crippen LogP) is 2.94. The first-order valence-electron chi connectivity index (χ1n) is 8.95. The van der Waals surface area contributed by atoms with Gasteiger partial charge in [0, 0.05) is 17.5 Å². The van der Waals surface area contributed by atoms with Gasteiger partial charge in [0.2, 0.25) is 0 Å². The molecule has 144 valence electrons. The van der Waals surface area contributed by atoms with Crippen molar-refractivity contribution in [1.82, 2.24) is 4.90 Å². The lowest BCUT2D eigenvalue weighted by Gasteiger charge is -2.30. The van der Waals surface area contributed by atoms with Gasteiger partial charge in [-0.3, -0.25) is 4.79 Å². The number of fused-ring (bicyclic) bond motifs is 1. The maximum Gasteiger partial charge on any atom is 0.334 e. The Kier molecular flexibility index (Phi) is 4.99. The van der Waals surface area contributed by atoms with Crippen molar-refractivity contribution in [3.63, 3.8) is 0 Å². The van der Waals surface area contributed by atoms with Crippen LogP contribution in [0.5, 0.6) is 5.75 Å². The predicted molar refractivity (Wildman–Crippen MR) is 100 cm³/mol. The molecule has 0 bridgehead atoms. The summed E-state index contributed by atoms with van der Waals surface area (Å²) in [6, 6.07) is 16.7. The fourth-order valence-corrected chi connectivity index (χ4v) is 3.21. The molecule has 1 aliphatic heterocycles. The zero-order chi connectivity index (χ0) is 19.5. The lowest BCUT2D eigenvalue weighted by molar-refractivity contribution is -0.154. The van der Waals surface area contributed by atoms with Gasteiger partial charge in [-0.2, -0.15) is 0 Å². The molecule has 4 rings (SSSR count). The summed E-state index contributed by atoms with van der Waals surface area (Å²) in [7, 11) is 0. The summed E-state index contributed by atoms with van der Waals surface area (Å²) >= 11 is 0. The van der Waals surface area contributed by atoms with Crippen LogP contribution in [0.15, 0.2) is 59.0 Å². The molecule has 1 aliphatic rings. The zero-order valence-corrected chi connectivity index (χ0v) is 15.0. The number of nitrogens with zero attached hydrogens (tertiary/aromatic N) is 1. The second-order valence-electron chi connectivity index (χ2n) is 6.46. The lowest BCUT2D eigenvalue weighted by Crippen LogP contribution is -2.48. The molecule has 1 N–H and O–H groups in total. The van der Waals surface area contributed by atoms with Crippen LogP contribution in [0.3, 0.4) is 0 Å². The Morgan fingerprint density at radius 3 is 2.64 bits per heavy atom. The molecule has 28 heavy (non-hydrogen) atoms. The number of benzene rings is 2. The van der Waals surface area contributed by atoms with E-state index in [9.17, 15) is 14.7 Å². The summed E-state index contributed by atoms with van der Waals surface area (Å²) in [5, 5.41) is 9.98. The summed E-state index contributed by atoms with van der Waals surface area (Å²) < 4.78 is 16.9. The summed E-state index contributed by atoms with van der Waals surface area (Å²) in [5.41, 5.74) is 1.23. The highest BCUT2D eigenvalue weighted by molar-refractivity contribution is 5.99. The molecule has 2 aromatic carbocycles. The molecule has 1 amide bonds. The number of carboxylic acids is 1. The number of carbonyl (C=O) groups excluding carboxylic acids is 1. The fraction of sp³-hybridized carbons (Fsp3) is 0.238. The van der Waals surface area contributed by atoms with Crippen LogP contribution in [-0.2, 0) is 16.1 Å². The van der Waals surface area contributed by atoms with Gasteiger partial charge in [-0.05, 0) is 18.2 Å². The number of carboxylic acid groups (broad SMARTS) is 1. The van der Waals surface area contributed by atoms with E-state index in [0.29, 0.717) is 23.4 Å². The summed E-state index contributed by atoms with van der Waals surface area (Å²) in [4.78, 5) is 25.8. The normalized spacial score (nSPS) is 16.9. The first-order chi connectivity index (χ1) is 13.6. The van der Waals surface area contributed by atoms with Gasteiger partial charge in [-0.15, -0.1) is 0 Å². The molecule has 0 radical (unpaired) electrons. The molecule has 0 unspecified atom stereocenters. The molecule has 1 aromatic heterocycles. The van der Waals surface area contributed by atoms with Crippen LogP contribution >= 0.6 is 0 Å². The fourth-order valence-electron chi connectivity index (χ4n) is 3.21. The minimum absolute atomic E-state index is 0.0236. The molecular weight excluding hydrogens is 362 g/mol. The third-order valence-corrected chi connectivity index (χ3v) is 4.65. The molecule has 7 nitrogen and oxygen atoms in total. The van der Waals surface area contributed by atoms with Crippen molar-refractivity contribution in [3.05, 3.63) is 65.9 Å². The maximum atomic E-state index is 13.1. The van der Waals surface area contributed by atoms with E-state index in [1.54, 1.807) is 6.07 Å². The van der Waals surface area contributed by atoms with Crippen molar-refractivity contribution < 1.29 is 28.6 Å². The number of furan rings is 1. The van der Waals surface area contributed by atoms with E-state index >= 15 is 0 Å². The molecule has 1 atom stereocenters. The van der Waals surface area contributed by atoms with Crippen molar-refractivity contribution in [1.29, 1.82) is 0 Å². The van der Waals surface area contributed by atoms with E-state index in [2.05, 4.69) is 0 Å². The highest BCUT2D eigenvalue weighted by atomic mass is 16.5. The number of carbonyl (C=O) groups is 2. The van der Waals surface area contributed by atoms with Crippen molar-refractivity contribution in [2.45, 2.75) is 12.7 Å². The SMILES string of the molecule is O=C(O)[C@@H]1CN(C(=O)c2oc3ccccc3c2COc2ccccc2)CCO1. The average molecular weight is 381 g/mol.